The third-order valence-corrected chi connectivity index (χ3v) is 4.28. The minimum atomic E-state index is -0.485. The van der Waals surface area contributed by atoms with Crippen LogP contribution in [0.15, 0.2) is 22.3 Å². The van der Waals surface area contributed by atoms with Gasteiger partial charge in [0, 0.05) is 11.0 Å². The lowest BCUT2D eigenvalue weighted by molar-refractivity contribution is -0.145. The highest BCUT2D eigenvalue weighted by molar-refractivity contribution is 9.10. The second kappa shape index (κ2) is 9.40. The highest BCUT2D eigenvalue weighted by Crippen LogP contribution is 2.35. The van der Waals surface area contributed by atoms with Gasteiger partial charge in [0.2, 0.25) is 0 Å². The van der Waals surface area contributed by atoms with Crippen molar-refractivity contribution in [2.45, 2.75) is 20.8 Å². The predicted octanol–water partition coefficient (Wildman–Crippen LogP) is 2.70. The van der Waals surface area contributed by atoms with Gasteiger partial charge in [-0.05, 0) is 44.5 Å². The molecule has 146 valence electrons. The zero-order chi connectivity index (χ0) is 20.0. The van der Waals surface area contributed by atoms with E-state index in [9.17, 15) is 14.4 Å². The Morgan fingerprint density at radius 1 is 1.15 bits per heavy atom. The van der Waals surface area contributed by atoms with E-state index in [0.29, 0.717) is 28.1 Å². The Kier molecular flexibility index (Phi) is 7.23. The minimum absolute atomic E-state index is 0.171. The lowest BCUT2D eigenvalue weighted by Gasteiger charge is -2.14. The fourth-order valence-electron chi connectivity index (χ4n) is 2.40. The molecule has 0 saturated carbocycles. The van der Waals surface area contributed by atoms with Crippen LogP contribution >= 0.6 is 15.9 Å². The molecule has 8 nitrogen and oxygen atoms in total. The first-order valence-corrected chi connectivity index (χ1v) is 9.29. The fraction of sp³-hybridized carbons (Fsp3) is 0.389. The van der Waals surface area contributed by atoms with Crippen LogP contribution in [0.2, 0.25) is 0 Å². The number of hydrogen-bond acceptors (Lipinski definition) is 6. The molecular formula is C18H21BrN2O6. The van der Waals surface area contributed by atoms with E-state index < -0.39 is 17.9 Å². The highest BCUT2D eigenvalue weighted by atomic mass is 79.9. The topological polar surface area (TPSA) is 94.2 Å². The molecule has 1 aromatic rings. The summed E-state index contributed by atoms with van der Waals surface area (Å²) in [6, 6.07) is 2.84. The van der Waals surface area contributed by atoms with Gasteiger partial charge in [0.25, 0.3) is 5.91 Å². The molecule has 2 rings (SSSR count). The maximum absolute atomic E-state index is 12.2. The van der Waals surface area contributed by atoms with Crippen LogP contribution in [-0.2, 0) is 14.3 Å². The van der Waals surface area contributed by atoms with Crippen molar-refractivity contribution < 1.29 is 28.6 Å². The van der Waals surface area contributed by atoms with Gasteiger partial charge in [0.1, 0.15) is 5.70 Å². The van der Waals surface area contributed by atoms with Crippen LogP contribution in [0.1, 0.15) is 26.3 Å². The van der Waals surface area contributed by atoms with Gasteiger partial charge >= 0.3 is 12.0 Å². The molecule has 27 heavy (non-hydrogen) atoms. The number of carbonyl (C=O) groups is 3. The van der Waals surface area contributed by atoms with Gasteiger partial charge in [0.15, 0.2) is 18.1 Å². The summed E-state index contributed by atoms with van der Waals surface area (Å²) in [4.78, 5) is 36.6. The van der Waals surface area contributed by atoms with E-state index in [1.165, 1.54) is 0 Å². The molecule has 1 fully saturated rings. The molecule has 0 spiro atoms. The summed E-state index contributed by atoms with van der Waals surface area (Å²) in [7, 11) is 0. The quantitative estimate of drug-likeness (QED) is 0.379. The SMILES string of the molecule is CCOC(=O)COc1cc(Br)c(/C=C2/NC(=O)N(CC)C2=O)cc1OCC. The first-order chi connectivity index (χ1) is 12.9. The average Bonchev–Trinajstić information content (AvgIpc) is 2.89. The number of nitrogens with zero attached hydrogens (tertiary/aromatic N) is 1. The molecular weight excluding hydrogens is 420 g/mol. The van der Waals surface area contributed by atoms with Crippen molar-refractivity contribution in [1.82, 2.24) is 10.2 Å². The zero-order valence-electron chi connectivity index (χ0n) is 15.3. The van der Waals surface area contributed by atoms with Crippen LogP contribution in [0, 0.1) is 0 Å². The maximum Gasteiger partial charge on any atom is 0.344 e. The van der Waals surface area contributed by atoms with E-state index >= 15 is 0 Å². The Morgan fingerprint density at radius 2 is 1.85 bits per heavy atom. The number of benzene rings is 1. The summed E-state index contributed by atoms with van der Waals surface area (Å²) in [5.74, 6) is -0.118. The van der Waals surface area contributed by atoms with Gasteiger partial charge < -0.3 is 19.5 Å². The molecule has 0 radical (unpaired) electrons. The van der Waals surface area contributed by atoms with Gasteiger partial charge in [-0.1, -0.05) is 15.9 Å². The Balaban J connectivity index is 2.29. The van der Waals surface area contributed by atoms with Gasteiger partial charge in [0.05, 0.1) is 13.2 Å². The summed E-state index contributed by atoms with van der Waals surface area (Å²) >= 11 is 3.41. The lowest BCUT2D eigenvalue weighted by atomic mass is 10.1. The van der Waals surface area contributed by atoms with E-state index in [4.69, 9.17) is 14.2 Å². The molecule has 1 N–H and O–H groups in total. The summed E-state index contributed by atoms with van der Waals surface area (Å²) in [6.07, 6.45) is 1.55. The third-order valence-electron chi connectivity index (χ3n) is 3.59. The van der Waals surface area contributed by atoms with E-state index in [-0.39, 0.29) is 25.5 Å². The first kappa shape index (κ1) is 20.8. The molecule has 1 aliphatic heterocycles. The number of urea groups is 1. The molecule has 1 heterocycles. The molecule has 1 aliphatic rings. The van der Waals surface area contributed by atoms with Crippen LogP contribution in [0.5, 0.6) is 11.5 Å². The van der Waals surface area contributed by atoms with Gasteiger partial charge in [-0.25, -0.2) is 9.59 Å². The third kappa shape index (κ3) is 5.00. The minimum Gasteiger partial charge on any atom is -0.490 e. The maximum atomic E-state index is 12.2. The predicted molar refractivity (Wildman–Crippen MR) is 101 cm³/mol. The van der Waals surface area contributed by atoms with Crippen LogP contribution in [-0.4, -0.2) is 49.2 Å². The smallest absolute Gasteiger partial charge is 0.344 e. The largest absolute Gasteiger partial charge is 0.490 e. The molecule has 3 amide bonds. The van der Waals surface area contributed by atoms with Crippen molar-refractivity contribution in [3.63, 3.8) is 0 Å². The molecule has 0 unspecified atom stereocenters. The zero-order valence-corrected chi connectivity index (χ0v) is 16.9. The fourth-order valence-corrected chi connectivity index (χ4v) is 2.83. The Bertz CT molecular complexity index is 777. The van der Waals surface area contributed by atoms with Gasteiger partial charge in [-0.2, -0.15) is 0 Å². The summed E-state index contributed by atoms with van der Waals surface area (Å²) in [5, 5.41) is 2.55. The Morgan fingerprint density at radius 3 is 2.44 bits per heavy atom. The second-order valence-corrected chi connectivity index (χ2v) is 6.24. The highest BCUT2D eigenvalue weighted by Gasteiger charge is 2.32. The number of nitrogens with one attached hydrogen (secondary N) is 1. The second-order valence-electron chi connectivity index (χ2n) is 5.38. The number of halogens is 1. The number of hydrogen-bond donors (Lipinski definition) is 1. The molecule has 1 aromatic carbocycles. The van der Waals surface area contributed by atoms with E-state index in [1.807, 2.05) is 6.92 Å². The Hall–Kier alpha value is -2.55. The molecule has 1 saturated heterocycles. The van der Waals surface area contributed by atoms with Crippen LogP contribution in [0.3, 0.4) is 0 Å². The lowest BCUT2D eigenvalue weighted by Crippen LogP contribution is -2.30. The van der Waals surface area contributed by atoms with Crippen molar-refractivity contribution in [2.75, 3.05) is 26.4 Å². The van der Waals surface area contributed by atoms with Gasteiger partial charge in [-0.15, -0.1) is 0 Å². The van der Waals surface area contributed by atoms with Crippen LogP contribution in [0.4, 0.5) is 4.79 Å². The number of amides is 3. The van der Waals surface area contributed by atoms with Crippen LogP contribution < -0.4 is 14.8 Å². The van der Waals surface area contributed by atoms with Crippen LogP contribution in [0.25, 0.3) is 6.08 Å². The first-order valence-electron chi connectivity index (χ1n) is 8.50. The summed E-state index contributed by atoms with van der Waals surface area (Å²) in [6.45, 7) is 5.94. The number of carbonyl (C=O) groups excluding carboxylic acids is 3. The normalized spacial score (nSPS) is 15.1. The van der Waals surface area contributed by atoms with E-state index in [1.54, 1.807) is 32.1 Å². The number of rotatable bonds is 8. The average molecular weight is 441 g/mol. The van der Waals surface area contributed by atoms with Crippen molar-refractivity contribution in [3.05, 3.63) is 27.9 Å². The van der Waals surface area contributed by atoms with E-state index in [2.05, 4.69) is 21.2 Å². The molecule has 9 heteroatoms. The number of ether oxygens (including phenoxy) is 3. The summed E-state index contributed by atoms with van der Waals surface area (Å²) in [5.41, 5.74) is 0.786. The van der Waals surface area contributed by atoms with Crippen molar-refractivity contribution in [2.24, 2.45) is 0 Å². The monoisotopic (exact) mass is 440 g/mol. The van der Waals surface area contributed by atoms with Crippen molar-refractivity contribution in [1.29, 1.82) is 0 Å². The number of imide groups is 1. The molecule has 0 aliphatic carbocycles. The van der Waals surface area contributed by atoms with Crippen molar-refractivity contribution >= 4 is 39.9 Å². The van der Waals surface area contributed by atoms with Gasteiger partial charge in [-0.3, -0.25) is 9.69 Å². The summed E-state index contributed by atoms with van der Waals surface area (Å²) < 4.78 is 16.5. The van der Waals surface area contributed by atoms with E-state index in [0.717, 1.165) is 4.90 Å². The molecule has 0 bridgehead atoms. The Labute approximate surface area is 165 Å². The number of esters is 1. The molecule has 0 atom stereocenters. The number of likely N-dealkylation sites (N-methyl/N-ethyl adjacent to an activating group) is 1. The van der Waals surface area contributed by atoms with Crippen molar-refractivity contribution in [3.8, 4) is 11.5 Å². The standard InChI is InChI=1S/C18H21BrN2O6/c1-4-21-17(23)13(20-18(21)24)7-11-8-14(25-5-2)15(9-12(11)19)27-10-16(22)26-6-3/h7-9H,4-6,10H2,1-3H3,(H,20,24)/b13-7+. The molecule has 0 aromatic heterocycles.